The summed E-state index contributed by atoms with van der Waals surface area (Å²) in [5.41, 5.74) is 0. The predicted molar refractivity (Wildman–Crippen MR) is 82.1 cm³/mol. The van der Waals surface area contributed by atoms with Crippen LogP contribution in [0.3, 0.4) is 0 Å². The maximum absolute atomic E-state index is 12.2. The highest BCUT2D eigenvalue weighted by Crippen LogP contribution is 2.39. The molecule has 1 aliphatic carbocycles. The Morgan fingerprint density at radius 2 is 2.05 bits per heavy atom. The van der Waals surface area contributed by atoms with Crippen LogP contribution in [0.25, 0.3) is 0 Å². The minimum Gasteiger partial charge on any atom is -0.316 e. The summed E-state index contributed by atoms with van der Waals surface area (Å²) in [5.74, 6) is 0.560. The highest BCUT2D eigenvalue weighted by molar-refractivity contribution is 8.00. The number of nitrogens with one attached hydrogen (secondary N) is 2. The Hall–Kier alpha value is 0.220. The zero-order valence-electron chi connectivity index (χ0n) is 11.8. The number of thioether (sulfide) groups is 1. The van der Waals surface area contributed by atoms with Crippen LogP contribution in [0.1, 0.15) is 38.5 Å². The summed E-state index contributed by atoms with van der Waals surface area (Å²) in [4.78, 5) is 0. The minimum atomic E-state index is -3.12. The summed E-state index contributed by atoms with van der Waals surface area (Å²) in [5, 5.41) is 3.28. The zero-order chi connectivity index (χ0) is 13.8. The lowest BCUT2D eigenvalue weighted by atomic mass is 10.0. The Labute approximate surface area is 121 Å². The van der Waals surface area contributed by atoms with Gasteiger partial charge in [0.1, 0.15) is 0 Å². The van der Waals surface area contributed by atoms with Gasteiger partial charge in [-0.15, -0.1) is 0 Å². The van der Waals surface area contributed by atoms with Gasteiger partial charge in [0.2, 0.25) is 10.0 Å². The van der Waals surface area contributed by atoms with E-state index in [2.05, 4.69) is 16.3 Å². The quantitative estimate of drug-likeness (QED) is 0.782. The summed E-state index contributed by atoms with van der Waals surface area (Å²) in [6.45, 7) is 2.48. The Morgan fingerprint density at radius 1 is 1.32 bits per heavy atom. The van der Waals surface area contributed by atoms with Gasteiger partial charge >= 0.3 is 0 Å². The standard InChI is InChI=1S/C13H26N2O2S2/c1-18-13(6-2-3-7-13)11-15-19(16,17)10-12-5-4-8-14-9-12/h12,14-15H,2-11H2,1H3. The molecule has 6 heteroatoms. The minimum absolute atomic E-state index is 0.151. The van der Waals surface area contributed by atoms with E-state index in [0.717, 1.165) is 38.8 Å². The molecule has 1 heterocycles. The first-order chi connectivity index (χ1) is 9.05. The summed E-state index contributed by atoms with van der Waals surface area (Å²) in [6, 6.07) is 0. The normalized spacial score (nSPS) is 27.5. The summed E-state index contributed by atoms with van der Waals surface area (Å²) >= 11 is 1.83. The van der Waals surface area contributed by atoms with E-state index < -0.39 is 10.0 Å². The first-order valence-corrected chi connectivity index (χ1v) is 10.2. The fraction of sp³-hybridized carbons (Fsp3) is 1.00. The van der Waals surface area contributed by atoms with E-state index in [1.165, 1.54) is 12.8 Å². The SMILES string of the molecule is CSC1(CNS(=O)(=O)CC2CCCNC2)CCCC1. The second-order valence-electron chi connectivity index (χ2n) is 5.91. The highest BCUT2D eigenvalue weighted by atomic mass is 32.2. The second kappa shape index (κ2) is 6.78. The molecule has 1 atom stereocenters. The molecule has 1 aliphatic heterocycles. The van der Waals surface area contributed by atoms with E-state index in [1.807, 2.05) is 11.8 Å². The molecule has 1 saturated heterocycles. The van der Waals surface area contributed by atoms with Crippen molar-refractivity contribution in [1.29, 1.82) is 0 Å². The first-order valence-electron chi connectivity index (χ1n) is 7.28. The third-order valence-corrected chi connectivity index (χ3v) is 7.33. The fourth-order valence-electron chi connectivity index (χ4n) is 3.15. The van der Waals surface area contributed by atoms with Gasteiger partial charge in [0.05, 0.1) is 5.75 Å². The van der Waals surface area contributed by atoms with E-state index >= 15 is 0 Å². The third kappa shape index (κ3) is 4.62. The summed E-state index contributed by atoms with van der Waals surface area (Å²) in [6.07, 6.45) is 8.97. The average molecular weight is 306 g/mol. The van der Waals surface area contributed by atoms with E-state index in [9.17, 15) is 8.42 Å². The van der Waals surface area contributed by atoms with Crippen molar-refractivity contribution in [1.82, 2.24) is 10.0 Å². The van der Waals surface area contributed by atoms with Crippen LogP contribution in [0.2, 0.25) is 0 Å². The van der Waals surface area contributed by atoms with Crippen LogP contribution in [0.5, 0.6) is 0 Å². The van der Waals surface area contributed by atoms with Gasteiger partial charge in [-0.25, -0.2) is 13.1 Å². The fourth-order valence-corrected chi connectivity index (χ4v) is 5.67. The maximum Gasteiger partial charge on any atom is 0.211 e. The summed E-state index contributed by atoms with van der Waals surface area (Å²) < 4.78 is 27.3. The van der Waals surface area contributed by atoms with Gasteiger partial charge in [-0.05, 0) is 50.9 Å². The van der Waals surface area contributed by atoms with Gasteiger partial charge in [-0.2, -0.15) is 11.8 Å². The van der Waals surface area contributed by atoms with E-state index in [-0.39, 0.29) is 16.4 Å². The van der Waals surface area contributed by atoms with Crippen LogP contribution >= 0.6 is 11.8 Å². The smallest absolute Gasteiger partial charge is 0.211 e. The Morgan fingerprint density at radius 3 is 2.63 bits per heavy atom. The van der Waals surface area contributed by atoms with Gasteiger partial charge in [0.25, 0.3) is 0 Å². The van der Waals surface area contributed by atoms with Gasteiger partial charge in [-0.1, -0.05) is 12.8 Å². The molecule has 19 heavy (non-hydrogen) atoms. The maximum atomic E-state index is 12.2. The van der Waals surface area contributed by atoms with Crippen LogP contribution in [0.15, 0.2) is 0 Å². The van der Waals surface area contributed by atoms with E-state index in [0.29, 0.717) is 6.54 Å². The van der Waals surface area contributed by atoms with Crippen molar-refractivity contribution in [2.45, 2.75) is 43.3 Å². The molecule has 112 valence electrons. The monoisotopic (exact) mass is 306 g/mol. The molecule has 0 amide bonds. The number of piperidine rings is 1. The predicted octanol–water partition coefficient (Wildman–Crippen LogP) is 1.58. The van der Waals surface area contributed by atoms with Gasteiger partial charge in [0, 0.05) is 11.3 Å². The Bertz CT molecular complexity index is 372. The zero-order valence-corrected chi connectivity index (χ0v) is 13.4. The van der Waals surface area contributed by atoms with Crippen molar-refractivity contribution in [3.63, 3.8) is 0 Å². The van der Waals surface area contributed by atoms with Crippen molar-refractivity contribution in [3.8, 4) is 0 Å². The molecule has 1 saturated carbocycles. The molecule has 0 radical (unpaired) electrons. The molecule has 2 N–H and O–H groups in total. The number of sulfonamides is 1. The topological polar surface area (TPSA) is 58.2 Å². The van der Waals surface area contributed by atoms with Crippen molar-refractivity contribution >= 4 is 21.8 Å². The van der Waals surface area contributed by atoms with Crippen LogP contribution in [-0.4, -0.2) is 44.8 Å². The van der Waals surface area contributed by atoms with Gasteiger partial charge < -0.3 is 5.32 Å². The van der Waals surface area contributed by atoms with E-state index in [1.54, 1.807) is 0 Å². The van der Waals surface area contributed by atoms with Crippen LogP contribution in [0, 0.1) is 5.92 Å². The lowest BCUT2D eigenvalue weighted by Crippen LogP contribution is -2.42. The van der Waals surface area contributed by atoms with Crippen LogP contribution in [0.4, 0.5) is 0 Å². The number of rotatable bonds is 6. The lowest BCUT2D eigenvalue weighted by molar-refractivity contribution is 0.402. The molecule has 1 unspecified atom stereocenters. The van der Waals surface area contributed by atoms with Crippen LogP contribution < -0.4 is 10.0 Å². The van der Waals surface area contributed by atoms with Crippen molar-refractivity contribution in [2.75, 3.05) is 31.6 Å². The Balaban J connectivity index is 1.83. The Kier molecular flexibility index (Phi) is 5.57. The first kappa shape index (κ1) is 15.6. The average Bonchev–Trinajstić information content (AvgIpc) is 2.87. The molecule has 2 rings (SSSR count). The van der Waals surface area contributed by atoms with E-state index in [4.69, 9.17) is 0 Å². The molecule has 0 spiro atoms. The van der Waals surface area contributed by atoms with Crippen molar-refractivity contribution in [3.05, 3.63) is 0 Å². The largest absolute Gasteiger partial charge is 0.316 e. The molecule has 0 aromatic rings. The molecule has 2 fully saturated rings. The molecule has 2 aliphatic rings. The molecule has 0 aromatic heterocycles. The lowest BCUT2D eigenvalue weighted by Gasteiger charge is -2.28. The van der Waals surface area contributed by atoms with Gasteiger partial charge in [0.15, 0.2) is 0 Å². The van der Waals surface area contributed by atoms with Crippen molar-refractivity contribution in [2.24, 2.45) is 5.92 Å². The summed E-state index contributed by atoms with van der Waals surface area (Å²) in [7, 11) is -3.12. The van der Waals surface area contributed by atoms with Crippen LogP contribution in [-0.2, 0) is 10.0 Å². The molecular formula is C13H26N2O2S2. The molecule has 0 bridgehead atoms. The van der Waals surface area contributed by atoms with Crippen molar-refractivity contribution < 1.29 is 8.42 Å². The third-order valence-electron chi connectivity index (χ3n) is 4.42. The number of hydrogen-bond acceptors (Lipinski definition) is 4. The van der Waals surface area contributed by atoms with Gasteiger partial charge in [-0.3, -0.25) is 0 Å². The molecular weight excluding hydrogens is 280 g/mol. The number of hydrogen-bond donors (Lipinski definition) is 2. The second-order valence-corrected chi connectivity index (χ2v) is 9.03. The molecule has 0 aromatic carbocycles. The highest BCUT2D eigenvalue weighted by Gasteiger charge is 2.34. The molecule has 4 nitrogen and oxygen atoms in total.